The Balaban J connectivity index is 2.78. The number of hydrogen-bond donors (Lipinski definition) is 1. The molecule has 6 heteroatoms. The van der Waals surface area contributed by atoms with Crippen LogP contribution in [0.15, 0.2) is 12.4 Å². The normalized spacial score (nSPS) is 10.1. The van der Waals surface area contributed by atoms with E-state index in [0.29, 0.717) is 19.0 Å². The standard InChI is InChI=1S/C10H15N3O3/c1-8-5-9(12-7-11-8)13(3-4-16-2)6-10(14)15/h5,7H,3-4,6H2,1-2H3,(H,14,15). The highest BCUT2D eigenvalue weighted by Gasteiger charge is 2.11. The molecule has 1 heterocycles. The highest BCUT2D eigenvalue weighted by Crippen LogP contribution is 2.09. The minimum absolute atomic E-state index is 0.0974. The molecule has 0 aliphatic carbocycles. The second-order valence-corrected chi connectivity index (χ2v) is 3.33. The number of aromatic nitrogens is 2. The summed E-state index contributed by atoms with van der Waals surface area (Å²) in [5.41, 5.74) is 0.804. The molecule has 1 N–H and O–H groups in total. The van der Waals surface area contributed by atoms with Crippen molar-refractivity contribution >= 4 is 11.8 Å². The summed E-state index contributed by atoms with van der Waals surface area (Å²) in [6, 6.07) is 1.75. The van der Waals surface area contributed by atoms with Crippen LogP contribution in [0, 0.1) is 6.92 Å². The fourth-order valence-corrected chi connectivity index (χ4v) is 1.25. The maximum atomic E-state index is 10.7. The number of hydrogen-bond acceptors (Lipinski definition) is 5. The Morgan fingerprint density at radius 1 is 1.56 bits per heavy atom. The van der Waals surface area contributed by atoms with Gasteiger partial charge >= 0.3 is 5.97 Å². The largest absolute Gasteiger partial charge is 0.480 e. The lowest BCUT2D eigenvalue weighted by Crippen LogP contribution is -2.33. The first-order chi connectivity index (χ1) is 7.63. The molecule has 1 aromatic heterocycles. The lowest BCUT2D eigenvalue weighted by molar-refractivity contribution is -0.135. The SMILES string of the molecule is COCCN(CC(=O)O)c1cc(C)ncn1. The van der Waals surface area contributed by atoms with Gasteiger partial charge in [-0.1, -0.05) is 0 Å². The summed E-state index contributed by atoms with van der Waals surface area (Å²) in [5.74, 6) is -0.292. The maximum absolute atomic E-state index is 10.7. The molecule has 0 fully saturated rings. The third kappa shape index (κ3) is 3.82. The highest BCUT2D eigenvalue weighted by molar-refractivity contribution is 5.73. The van der Waals surface area contributed by atoms with Crippen molar-refractivity contribution in [2.24, 2.45) is 0 Å². The van der Waals surface area contributed by atoms with E-state index >= 15 is 0 Å². The Hall–Kier alpha value is -1.69. The van der Waals surface area contributed by atoms with Gasteiger partial charge in [0.1, 0.15) is 18.7 Å². The number of ether oxygens (including phenoxy) is 1. The van der Waals surface area contributed by atoms with Gasteiger partial charge in [0.25, 0.3) is 0 Å². The summed E-state index contributed by atoms with van der Waals surface area (Å²) in [7, 11) is 1.57. The van der Waals surface area contributed by atoms with Gasteiger partial charge in [0.15, 0.2) is 0 Å². The third-order valence-electron chi connectivity index (χ3n) is 2.00. The molecule has 1 rings (SSSR count). The average Bonchev–Trinajstić information content (AvgIpc) is 2.23. The summed E-state index contributed by atoms with van der Waals surface area (Å²) in [6.45, 7) is 2.68. The van der Waals surface area contributed by atoms with Gasteiger partial charge in [-0.15, -0.1) is 0 Å². The van der Waals surface area contributed by atoms with E-state index in [1.165, 1.54) is 6.33 Å². The van der Waals surface area contributed by atoms with Gasteiger partial charge in [0.05, 0.1) is 6.61 Å². The first-order valence-corrected chi connectivity index (χ1v) is 4.88. The number of anilines is 1. The Labute approximate surface area is 93.9 Å². The van der Waals surface area contributed by atoms with Crippen LogP contribution in [0.2, 0.25) is 0 Å². The predicted molar refractivity (Wildman–Crippen MR) is 58.5 cm³/mol. The number of rotatable bonds is 6. The molecule has 0 amide bonds. The zero-order valence-electron chi connectivity index (χ0n) is 9.38. The molecule has 16 heavy (non-hydrogen) atoms. The summed E-state index contributed by atoms with van der Waals surface area (Å²) >= 11 is 0. The van der Waals surface area contributed by atoms with Crippen molar-refractivity contribution < 1.29 is 14.6 Å². The number of methoxy groups -OCH3 is 1. The van der Waals surface area contributed by atoms with Crippen LogP contribution in [-0.4, -0.2) is 47.8 Å². The van der Waals surface area contributed by atoms with E-state index in [1.807, 2.05) is 6.92 Å². The van der Waals surface area contributed by atoms with Crippen molar-refractivity contribution in [1.82, 2.24) is 9.97 Å². The smallest absolute Gasteiger partial charge is 0.323 e. The van der Waals surface area contributed by atoms with Gasteiger partial charge in [0.2, 0.25) is 0 Å². The molecule has 0 aliphatic heterocycles. The number of aryl methyl sites for hydroxylation is 1. The topological polar surface area (TPSA) is 75.5 Å². The molecule has 0 radical (unpaired) electrons. The second kappa shape index (κ2) is 6.02. The first-order valence-electron chi connectivity index (χ1n) is 4.88. The van der Waals surface area contributed by atoms with Crippen molar-refractivity contribution in [3.8, 4) is 0 Å². The summed E-state index contributed by atoms with van der Waals surface area (Å²) in [5, 5.41) is 8.79. The van der Waals surface area contributed by atoms with Crippen LogP contribution in [0.3, 0.4) is 0 Å². The van der Waals surface area contributed by atoms with Gasteiger partial charge in [-0.2, -0.15) is 0 Å². The minimum atomic E-state index is -0.896. The molecule has 0 unspecified atom stereocenters. The molecule has 6 nitrogen and oxygen atoms in total. The molecule has 1 aromatic rings. The van der Waals surface area contributed by atoms with E-state index in [4.69, 9.17) is 9.84 Å². The van der Waals surface area contributed by atoms with E-state index in [-0.39, 0.29) is 6.54 Å². The number of carboxylic acids is 1. The molecule has 0 spiro atoms. The number of carbonyl (C=O) groups is 1. The van der Waals surface area contributed by atoms with E-state index < -0.39 is 5.97 Å². The Morgan fingerprint density at radius 2 is 2.31 bits per heavy atom. The van der Waals surface area contributed by atoms with Crippen LogP contribution in [-0.2, 0) is 9.53 Å². The third-order valence-corrected chi connectivity index (χ3v) is 2.00. The van der Waals surface area contributed by atoms with Crippen LogP contribution in [0.5, 0.6) is 0 Å². The number of carboxylic acid groups (broad SMARTS) is 1. The molecular weight excluding hydrogens is 210 g/mol. The minimum Gasteiger partial charge on any atom is -0.480 e. The Kier molecular flexibility index (Phi) is 4.65. The molecule has 0 saturated heterocycles. The van der Waals surface area contributed by atoms with Gasteiger partial charge in [-0.3, -0.25) is 4.79 Å². The zero-order valence-corrected chi connectivity index (χ0v) is 9.38. The molecule has 0 atom stereocenters. The van der Waals surface area contributed by atoms with Gasteiger partial charge in [-0.05, 0) is 6.92 Å². The maximum Gasteiger partial charge on any atom is 0.323 e. The van der Waals surface area contributed by atoms with Crippen LogP contribution < -0.4 is 4.90 Å². The average molecular weight is 225 g/mol. The van der Waals surface area contributed by atoms with E-state index in [9.17, 15) is 4.79 Å². The van der Waals surface area contributed by atoms with Crippen LogP contribution in [0.4, 0.5) is 5.82 Å². The van der Waals surface area contributed by atoms with Crippen molar-refractivity contribution in [1.29, 1.82) is 0 Å². The summed E-state index contributed by atoms with van der Waals surface area (Å²) in [4.78, 5) is 20.4. The van der Waals surface area contributed by atoms with Gasteiger partial charge in [-0.25, -0.2) is 9.97 Å². The van der Waals surface area contributed by atoms with Crippen molar-refractivity contribution in [2.45, 2.75) is 6.92 Å². The highest BCUT2D eigenvalue weighted by atomic mass is 16.5. The molecule has 0 aromatic carbocycles. The van der Waals surface area contributed by atoms with Crippen molar-refractivity contribution in [2.75, 3.05) is 31.7 Å². The lowest BCUT2D eigenvalue weighted by Gasteiger charge is -2.21. The fourth-order valence-electron chi connectivity index (χ4n) is 1.25. The van der Waals surface area contributed by atoms with Crippen molar-refractivity contribution in [3.05, 3.63) is 18.1 Å². The molecule has 0 bridgehead atoms. The molecular formula is C10H15N3O3. The van der Waals surface area contributed by atoms with E-state index in [0.717, 1.165) is 5.69 Å². The molecule has 88 valence electrons. The number of nitrogens with zero attached hydrogens (tertiary/aromatic N) is 3. The molecule has 0 aliphatic rings. The summed E-state index contributed by atoms with van der Waals surface area (Å²) < 4.78 is 4.93. The van der Waals surface area contributed by atoms with Crippen LogP contribution in [0.25, 0.3) is 0 Å². The predicted octanol–water partition coefficient (Wildman–Crippen LogP) is 0.322. The summed E-state index contributed by atoms with van der Waals surface area (Å²) in [6.07, 6.45) is 1.42. The lowest BCUT2D eigenvalue weighted by atomic mass is 10.4. The van der Waals surface area contributed by atoms with Gasteiger partial charge in [0, 0.05) is 25.4 Å². The quantitative estimate of drug-likeness (QED) is 0.751. The Bertz CT molecular complexity index is 357. The first kappa shape index (κ1) is 12.4. The van der Waals surface area contributed by atoms with E-state index in [1.54, 1.807) is 18.1 Å². The Morgan fingerprint density at radius 3 is 2.88 bits per heavy atom. The van der Waals surface area contributed by atoms with Crippen LogP contribution >= 0.6 is 0 Å². The fraction of sp³-hybridized carbons (Fsp3) is 0.500. The molecule has 0 saturated carbocycles. The van der Waals surface area contributed by atoms with Gasteiger partial charge < -0.3 is 14.7 Å². The van der Waals surface area contributed by atoms with E-state index in [2.05, 4.69) is 9.97 Å². The zero-order chi connectivity index (χ0) is 12.0. The van der Waals surface area contributed by atoms with Crippen molar-refractivity contribution in [3.63, 3.8) is 0 Å². The second-order valence-electron chi connectivity index (χ2n) is 3.33. The number of aliphatic carboxylic acids is 1. The van der Waals surface area contributed by atoms with Crippen LogP contribution in [0.1, 0.15) is 5.69 Å². The monoisotopic (exact) mass is 225 g/mol.